The molecule has 1 aromatic carbocycles. The van der Waals surface area contributed by atoms with Crippen LogP contribution >= 0.6 is 0 Å². The van der Waals surface area contributed by atoms with Gasteiger partial charge in [-0.15, -0.1) is 0 Å². The van der Waals surface area contributed by atoms with Gasteiger partial charge in [-0.3, -0.25) is 19.5 Å². The molecule has 3 aromatic rings. The molecule has 5 rings (SSSR count). The smallest absolute Gasteiger partial charge is 0.290 e. The number of aromatic nitrogens is 1. The van der Waals surface area contributed by atoms with E-state index in [9.17, 15) is 9.59 Å². The van der Waals surface area contributed by atoms with Crippen LogP contribution in [0, 0.1) is 0 Å². The Morgan fingerprint density at radius 2 is 1.97 bits per heavy atom. The van der Waals surface area contributed by atoms with Crippen LogP contribution in [0.4, 0.5) is 0 Å². The van der Waals surface area contributed by atoms with Gasteiger partial charge in [0.2, 0.25) is 5.76 Å². The summed E-state index contributed by atoms with van der Waals surface area (Å²) >= 11 is 0. The molecule has 4 heterocycles. The zero-order valence-electron chi connectivity index (χ0n) is 17.5. The van der Waals surface area contributed by atoms with E-state index in [2.05, 4.69) is 9.88 Å². The lowest BCUT2D eigenvalue weighted by molar-refractivity contribution is 0.0314. The van der Waals surface area contributed by atoms with Gasteiger partial charge in [0, 0.05) is 38.6 Å². The van der Waals surface area contributed by atoms with Crippen molar-refractivity contribution in [3.05, 3.63) is 75.4 Å². The molecule has 2 aromatic heterocycles. The van der Waals surface area contributed by atoms with Crippen molar-refractivity contribution in [2.45, 2.75) is 19.4 Å². The number of benzene rings is 1. The zero-order valence-corrected chi connectivity index (χ0v) is 17.5. The van der Waals surface area contributed by atoms with Crippen LogP contribution in [0.25, 0.3) is 11.0 Å². The Balaban J connectivity index is 1.60. The van der Waals surface area contributed by atoms with Crippen molar-refractivity contribution < 1.29 is 13.9 Å². The van der Waals surface area contributed by atoms with E-state index >= 15 is 0 Å². The second-order valence-electron chi connectivity index (χ2n) is 8.00. The Kier molecular flexibility index (Phi) is 5.29. The minimum Gasteiger partial charge on any atom is -0.450 e. The summed E-state index contributed by atoms with van der Waals surface area (Å²) < 4.78 is 11.5. The Morgan fingerprint density at radius 1 is 1.13 bits per heavy atom. The lowest BCUT2D eigenvalue weighted by Gasteiger charge is -2.30. The fourth-order valence-corrected chi connectivity index (χ4v) is 4.48. The molecule has 2 aliphatic heterocycles. The Labute approximate surface area is 180 Å². The second-order valence-corrected chi connectivity index (χ2v) is 8.00. The molecule has 1 fully saturated rings. The van der Waals surface area contributed by atoms with E-state index in [1.165, 1.54) is 0 Å². The van der Waals surface area contributed by atoms with Crippen molar-refractivity contribution in [1.82, 2.24) is 14.8 Å². The van der Waals surface area contributed by atoms with E-state index in [1.54, 1.807) is 23.4 Å². The van der Waals surface area contributed by atoms with Gasteiger partial charge >= 0.3 is 0 Å². The second kappa shape index (κ2) is 8.24. The van der Waals surface area contributed by atoms with Gasteiger partial charge in [-0.1, -0.05) is 19.1 Å². The lowest BCUT2D eigenvalue weighted by Crippen LogP contribution is -2.42. The number of hydrogen-bond acceptors (Lipinski definition) is 6. The molecule has 0 spiro atoms. The first-order chi connectivity index (χ1) is 15.2. The maximum Gasteiger partial charge on any atom is 0.290 e. The van der Waals surface area contributed by atoms with E-state index in [0.717, 1.165) is 30.6 Å². The standard InChI is InChI=1S/C24H25N3O4/c1-2-16-5-6-19-18(14-16)22(28)20-21(17-4-3-7-25-15-17)27(24(29)23(20)31-19)9-8-26-10-12-30-13-11-26/h3-7,14-15,21H,2,8-13H2,1H3. The van der Waals surface area contributed by atoms with E-state index in [0.29, 0.717) is 42.8 Å². The molecule has 0 bridgehead atoms. The van der Waals surface area contributed by atoms with Crippen molar-refractivity contribution in [2.24, 2.45) is 0 Å². The third kappa shape index (κ3) is 3.54. The number of ether oxygens (including phenoxy) is 1. The molecular formula is C24H25N3O4. The highest BCUT2D eigenvalue weighted by Gasteiger charge is 2.42. The molecule has 31 heavy (non-hydrogen) atoms. The predicted octanol–water partition coefficient (Wildman–Crippen LogP) is 2.63. The highest BCUT2D eigenvalue weighted by Crippen LogP contribution is 2.37. The van der Waals surface area contributed by atoms with Crippen molar-refractivity contribution in [3.63, 3.8) is 0 Å². The third-order valence-electron chi connectivity index (χ3n) is 6.20. The zero-order chi connectivity index (χ0) is 21.4. The van der Waals surface area contributed by atoms with Gasteiger partial charge in [0.15, 0.2) is 5.43 Å². The number of carbonyl (C=O) groups is 1. The van der Waals surface area contributed by atoms with E-state index in [1.807, 2.05) is 31.2 Å². The summed E-state index contributed by atoms with van der Waals surface area (Å²) in [7, 11) is 0. The number of hydrogen-bond donors (Lipinski definition) is 0. The number of rotatable bonds is 5. The Morgan fingerprint density at radius 3 is 2.71 bits per heavy atom. The third-order valence-corrected chi connectivity index (χ3v) is 6.20. The summed E-state index contributed by atoms with van der Waals surface area (Å²) in [5.74, 6) is -0.0896. The van der Waals surface area contributed by atoms with E-state index in [-0.39, 0.29) is 17.1 Å². The Hall–Kier alpha value is -3.03. The average Bonchev–Trinajstić information content (AvgIpc) is 3.10. The van der Waals surface area contributed by atoms with Gasteiger partial charge in [-0.2, -0.15) is 0 Å². The van der Waals surface area contributed by atoms with Crippen LogP contribution in [0.15, 0.2) is 51.9 Å². The molecule has 0 N–H and O–H groups in total. The molecule has 1 atom stereocenters. The SMILES string of the molecule is CCc1ccc2oc3c(c(=O)c2c1)C(c1cccnc1)N(CCN1CCOCC1)C3=O. The summed E-state index contributed by atoms with van der Waals surface area (Å²) in [4.78, 5) is 35.2. The van der Waals surface area contributed by atoms with Crippen molar-refractivity contribution in [2.75, 3.05) is 39.4 Å². The highest BCUT2D eigenvalue weighted by molar-refractivity contribution is 5.99. The molecule has 1 saturated heterocycles. The topological polar surface area (TPSA) is 75.9 Å². The fourth-order valence-electron chi connectivity index (χ4n) is 4.48. The van der Waals surface area contributed by atoms with Crippen LogP contribution in [-0.4, -0.2) is 60.1 Å². The number of carbonyl (C=O) groups excluding carboxylic acids is 1. The minimum atomic E-state index is -0.497. The first kappa shape index (κ1) is 19.9. The number of aryl methyl sites for hydroxylation is 1. The number of fused-ring (bicyclic) bond motifs is 2. The minimum absolute atomic E-state index is 0.136. The summed E-state index contributed by atoms with van der Waals surface area (Å²) in [5.41, 5.74) is 2.61. The molecular weight excluding hydrogens is 394 g/mol. The van der Waals surface area contributed by atoms with Crippen LogP contribution in [0.5, 0.6) is 0 Å². The van der Waals surface area contributed by atoms with Gasteiger partial charge in [-0.05, 0) is 35.7 Å². The average molecular weight is 419 g/mol. The summed E-state index contributed by atoms with van der Waals surface area (Å²) in [6.07, 6.45) is 4.24. The summed E-state index contributed by atoms with van der Waals surface area (Å²) in [6, 6.07) is 8.85. The van der Waals surface area contributed by atoms with Crippen molar-refractivity contribution in [3.8, 4) is 0 Å². The van der Waals surface area contributed by atoms with Crippen molar-refractivity contribution in [1.29, 1.82) is 0 Å². The normalized spacial score (nSPS) is 19.2. The van der Waals surface area contributed by atoms with Crippen LogP contribution in [0.1, 0.15) is 40.2 Å². The van der Waals surface area contributed by atoms with Crippen molar-refractivity contribution >= 4 is 16.9 Å². The highest BCUT2D eigenvalue weighted by atomic mass is 16.5. The van der Waals surface area contributed by atoms with E-state index < -0.39 is 6.04 Å². The van der Waals surface area contributed by atoms with Gasteiger partial charge in [0.05, 0.1) is 30.2 Å². The van der Waals surface area contributed by atoms with Crippen LogP contribution < -0.4 is 5.43 Å². The molecule has 1 unspecified atom stereocenters. The van der Waals surface area contributed by atoms with Crippen LogP contribution in [0.2, 0.25) is 0 Å². The molecule has 0 radical (unpaired) electrons. The van der Waals surface area contributed by atoms with Crippen LogP contribution in [0.3, 0.4) is 0 Å². The Bertz CT molecular complexity index is 1170. The first-order valence-corrected chi connectivity index (χ1v) is 10.8. The maximum atomic E-state index is 13.6. The molecule has 0 aliphatic carbocycles. The molecule has 1 amide bonds. The lowest BCUT2D eigenvalue weighted by atomic mass is 9.99. The summed E-state index contributed by atoms with van der Waals surface area (Å²) in [6.45, 7) is 6.34. The number of amides is 1. The fraction of sp³-hybridized carbons (Fsp3) is 0.375. The molecule has 7 heteroatoms. The molecule has 160 valence electrons. The first-order valence-electron chi connectivity index (χ1n) is 10.8. The number of nitrogens with zero attached hydrogens (tertiary/aromatic N) is 3. The monoisotopic (exact) mass is 419 g/mol. The molecule has 0 saturated carbocycles. The van der Waals surface area contributed by atoms with Gasteiger partial charge in [0.1, 0.15) is 5.58 Å². The molecule has 2 aliphatic rings. The number of pyridine rings is 1. The van der Waals surface area contributed by atoms with Crippen LogP contribution in [-0.2, 0) is 11.2 Å². The molecule has 7 nitrogen and oxygen atoms in total. The maximum absolute atomic E-state index is 13.6. The predicted molar refractivity (Wildman–Crippen MR) is 116 cm³/mol. The van der Waals surface area contributed by atoms with Gasteiger partial charge in [-0.25, -0.2) is 0 Å². The summed E-state index contributed by atoms with van der Waals surface area (Å²) in [5, 5.41) is 0.523. The van der Waals surface area contributed by atoms with Gasteiger partial charge < -0.3 is 14.1 Å². The quantitative estimate of drug-likeness (QED) is 0.633. The largest absolute Gasteiger partial charge is 0.450 e. The van der Waals surface area contributed by atoms with E-state index in [4.69, 9.17) is 9.15 Å². The number of morpholine rings is 1. The van der Waals surface area contributed by atoms with Gasteiger partial charge in [0.25, 0.3) is 5.91 Å².